The highest BCUT2D eigenvalue weighted by Crippen LogP contribution is 2.46. The fraction of sp³-hybridized carbons (Fsp3) is 0.435. The lowest BCUT2D eigenvalue weighted by atomic mass is 9.69. The number of halogens is 7. The molecule has 1 fully saturated rings. The summed E-state index contributed by atoms with van der Waals surface area (Å²) in [6.07, 6.45) is -8.90. The number of hydrogen-bond donors (Lipinski definition) is 1. The molecule has 3 rings (SSSR count). The Morgan fingerprint density at radius 3 is 2.28 bits per heavy atom. The predicted octanol–water partition coefficient (Wildman–Crippen LogP) is 6.27. The van der Waals surface area contributed by atoms with Gasteiger partial charge in [0.05, 0.1) is 20.2 Å². The van der Waals surface area contributed by atoms with E-state index in [2.05, 4.69) is 10.1 Å². The molecule has 2 aromatic rings. The molecule has 0 atom stereocenters. The van der Waals surface area contributed by atoms with E-state index >= 15 is 0 Å². The molecular formula is C23H22ClF6NO4S. The molecule has 0 bridgehead atoms. The lowest BCUT2D eigenvalue weighted by Gasteiger charge is -2.44. The fourth-order valence-corrected chi connectivity index (χ4v) is 5.95. The maximum Gasteiger partial charge on any atom is 0.573 e. The monoisotopic (exact) mass is 557 g/mol. The minimum atomic E-state index is -4.99. The van der Waals surface area contributed by atoms with Crippen LogP contribution in [0.15, 0.2) is 47.4 Å². The molecule has 0 spiro atoms. The van der Waals surface area contributed by atoms with E-state index in [1.165, 1.54) is 19.9 Å². The summed E-state index contributed by atoms with van der Waals surface area (Å²) in [6, 6.07) is 6.79. The van der Waals surface area contributed by atoms with Crippen LogP contribution in [0.5, 0.6) is 5.75 Å². The number of amides is 1. The molecule has 198 valence electrons. The highest BCUT2D eigenvalue weighted by Gasteiger charge is 2.48. The first kappa shape index (κ1) is 28.1. The molecule has 36 heavy (non-hydrogen) atoms. The quantitative estimate of drug-likeness (QED) is 0.408. The van der Waals surface area contributed by atoms with E-state index in [1.807, 2.05) is 0 Å². The van der Waals surface area contributed by atoms with Crippen molar-refractivity contribution >= 4 is 27.3 Å². The lowest BCUT2D eigenvalue weighted by Crippen LogP contribution is -2.48. The van der Waals surface area contributed by atoms with Crippen molar-refractivity contribution in [1.82, 2.24) is 5.32 Å². The van der Waals surface area contributed by atoms with Crippen LogP contribution >= 0.6 is 11.6 Å². The van der Waals surface area contributed by atoms with E-state index in [1.54, 1.807) is 0 Å². The molecule has 1 aliphatic carbocycles. The van der Waals surface area contributed by atoms with Crippen LogP contribution in [-0.4, -0.2) is 32.0 Å². The van der Waals surface area contributed by atoms with Crippen molar-refractivity contribution in [3.05, 3.63) is 58.6 Å². The van der Waals surface area contributed by atoms with Gasteiger partial charge in [0.25, 0.3) is 5.91 Å². The molecule has 1 aliphatic rings. The highest BCUT2D eigenvalue weighted by atomic mass is 35.5. The van der Waals surface area contributed by atoms with E-state index in [0.29, 0.717) is 18.9 Å². The number of alkyl halides is 6. The SMILES string of the molecule is CC(C)(C1CC(CNC(=O)c2ccc(Cl)c(OC(F)(F)F)c2)C1)S(=O)(=O)c1cccc(C(F)(F)F)c1. The molecule has 5 nitrogen and oxygen atoms in total. The van der Waals surface area contributed by atoms with Gasteiger partial charge in [-0.15, -0.1) is 13.2 Å². The van der Waals surface area contributed by atoms with Crippen molar-refractivity contribution in [3.63, 3.8) is 0 Å². The molecule has 1 saturated carbocycles. The second-order valence-electron chi connectivity index (χ2n) is 9.07. The number of carbonyl (C=O) groups excluding carboxylic acids is 1. The average molecular weight is 558 g/mol. The van der Waals surface area contributed by atoms with Crippen LogP contribution in [0.25, 0.3) is 0 Å². The largest absolute Gasteiger partial charge is 0.573 e. The molecule has 1 amide bonds. The van der Waals surface area contributed by atoms with Crippen LogP contribution < -0.4 is 10.1 Å². The Hall–Kier alpha value is -2.47. The first-order chi connectivity index (χ1) is 16.4. The fourth-order valence-electron chi connectivity index (χ4n) is 4.02. The van der Waals surface area contributed by atoms with Gasteiger partial charge in [-0.2, -0.15) is 13.2 Å². The minimum absolute atomic E-state index is 0.109. The van der Waals surface area contributed by atoms with E-state index in [9.17, 15) is 39.6 Å². The average Bonchev–Trinajstić information content (AvgIpc) is 2.72. The molecular weight excluding hydrogens is 536 g/mol. The Morgan fingerprint density at radius 1 is 1.06 bits per heavy atom. The molecule has 0 aromatic heterocycles. The van der Waals surface area contributed by atoms with Crippen molar-refractivity contribution in [2.24, 2.45) is 11.8 Å². The third-order valence-corrected chi connectivity index (χ3v) is 9.26. The zero-order valence-electron chi connectivity index (χ0n) is 19.0. The first-order valence-electron chi connectivity index (χ1n) is 10.7. The molecule has 0 heterocycles. The van der Waals surface area contributed by atoms with Crippen molar-refractivity contribution in [3.8, 4) is 5.75 Å². The second-order valence-corrected chi connectivity index (χ2v) is 12.0. The van der Waals surface area contributed by atoms with Gasteiger partial charge in [-0.1, -0.05) is 17.7 Å². The lowest BCUT2D eigenvalue weighted by molar-refractivity contribution is -0.274. The van der Waals surface area contributed by atoms with Crippen LogP contribution in [-0.2, 0) is 16.0 Å². The number of hydrogen-bond acceptors (Lipinski definition) is 4. The van der Waals surface area contributed by atoms with E-state index in [0.717, 1.165) is 30.3 Å². The summed E-state index contributed by atoms with van der Waals surface area (Å²) in [5.74, 6) is -1.88. The summed E-state index contributed by atoms with van der Waals surface area (Å²) < 4.78 is 105. The Labute approximate surface area is 208 Å². The predicted molar refractivity (Wildman–Crippen MR) is 119 cm³/mol. The number of nitrogens with one attached hydrogen (secondary N) is 1. The summed E-state index contributed by atoms with van der Waals surface area (Å²) in [7, 11) is -4.11. The summed E-state index contributed by atoms with van der Waals surface area (Å²) in [5, 5.41) is 2.26. The Kier molecular flexibility index (Phi) is 7.63. The summed E-state index contributed by atoms with van der Waals surface area (Å²) in [4.78, 5) is 12.0. The third-order valence-electron chi connectivity index (χ3n) is 6.35. The van der Waals surface area contributed by atoms with Crippen LogP contribution in [0.1, 0.15) is 42.6 Å². The molecule has 2 aromatic carbocycles. The number of sulfone groups is 1. The Morgan fingerprint density at radius 2 is 1.69 bits per heavy atom. The van der Waals surface area contributed by atoms with E-state index < -0.39 is 49.2 Å². The van der Waals surface area contributed by atoms with Gasteiger partial charge in [-0.05, 0) is 74.9 Å². The van der Waals surface area contributed by atoms with Gasteiger partial charge in [0, 0.05) is 12.1 Å². The smallest absolute Gasteiger partial charge is 0.404 e. The molecule has 0 unspecified atom stereocenters. The summed E-state index contributed by atoms with van der Waals surface area (Å²) >= 11 is 5.68. The van der Waals surface area contributed by atoms with Crippen LogP contribution in [0, 0.1) is 11.8 Å². The van der Waals surface area contributed by atoms with Crippen molar-refractivity contribution in [1.29, 1.82) is 0 Å². The minimum Gasteiger partial charge on any atom is -0.404 e. The van der Waals surface area contributed by atoms with E-state index in [-0.39, 0.29) is 29.0 Å². The zero-order chi connectivity index (χ0) is 27.1. The van der Waals surface area contributed by atoms with Gasteiger partial charge in [0.15, 0.2) is 9.84 Å². The van der Waals surface area contributed by atoms with E-state index in [4.69, 9.17) is 11.6 Å². The van der Waals surface area contributed by atoms with Gasteiger partial charge >= 0.3 is 12.5 Å². The molecule has 0 saturated heterocycles. The number of carbonyl (C=O) groups is 1. The first-order valence-corrected chi connectivity index (χ1v) is 12.5. The highest BCUT2D eigenvalue weighted by molar-refractivity contribution is 7.92. The number of ether oxygens (including phenoxy) is 1. The maximum absolute atomic E-state index is 13.1. The number of benzene rings is 2. The third kappa shape index (κ3) is 6.08. The summed E-state index contributed by atoms with van der Waals surface area (Å²) in [6.45, 7) is 3.04. The van der Waals surface area contributed by atoms with Gasteiger partial charge < -0.3 is 10.1 Å². The molecule has 13 heteroatoms. The van der Waals surface area contributed by atoms with Crippen molar-refractivity contribution in [2.75, 3.05) is 6.54 Å². The normalized spacial score (nSPS) is 18.9. The van der Waals surface area contributed by atoms with Crippen LogP contribution in [0.4, 0.5) is 26.3 Å². The second kappa shape index (κ2) is 9.77. The van der Waals surface area contributed by atoms with Gasteiger partial charge in [-0.25, -0.2) is 8.42 Å². The summed E-state index contributed by atoms with van der Waals surface area (Å²) in [5.41, 5.74) is -1.17. The standard InChI is InChI=1S/C23H22ClF6NO4S/c1-21(2,36(33,34)17-5-3-4-15(11-17)22(25,26)27)16-8-13(9-16)12-31-20(32)14-6-7-18(24)19(10-14)35-23(28,29)30/h3-7,10-11,13,16H,8-9,12H2,1-2H3,(H,31,32). The van der Waals surface area contributed by atoms with Crippen LogP contribution in [0.2, 0.25) is 5.02 Å². The molecule has 0 aliphatic heterocycles. The van der Waals surface area contributed by atoms with Crippen LogP contribution in [0.3, 0.4) is 0 Å². The van der Waals surface area contributed by atoms with Gasteiger partial charge in [0.1, 0.15) is 5.75 Å². The Bertz CT molecular complexity index is 1240. The van der Waals surface area contributed by atoms with Gasteiger partial charge in [0.2, 0.25) is 0 Å². The van der Waals surface area contributed by atoms with Crippen molar-refractivity contribution < 1.29 is 44.3 Å². The number of rotatable bonds is 7. The molecule has 1 N–H and O–H groups in total. The van der Waals surface area contributed by atoms with Crippen molar-refractivity contribution in [2.45, 2.75) is 48.9 Å². The Balaban J connectivity index is 1.61. The van der Waals surface area contributed by atoms with Gasteiger partial charge in [-0.3, -0.25) is 4.79 Å². The maximum atomic E-state index is 13.1. The topological polar surface area (TPSA) is 72.5 Å². The zero-order valence-corrected chi connectivity index (χ0v) is 20.6. The molecule has 0 radical (unpaired) electrons.